The van der Waals surface area contributed by atoms with Crippen LogP contribution in [0.1, 0.15) is 12.8 Å². The maximum Gasteiger partial charge on any atom is 0.240 e. The molecule has 0 atom stereocenters. The van der Waals surface area contributed by atoms with Crippen LogP contribution in [0, 0.1) is 5.82 Å². The Bertz CT molecular complexity index is 522. The largest absolute Gasteiger partial charge is 0.399 e. The van der Waals surface area contributed by atoms with Gasteiger partial charge < -0.3 is 10.6 Å². The molecule has 1 saturated heterocycles. The highest BCUT2D eigenvalue weighted by Crippen LogP contribution is 2.15. The minimum absolute atomic E-state index is 0.0971. The maximum atomic E-state index is 13.1. The van der Waals surface area contributed by atoms with E-state index in [9.17, 15) is 12.8 Å². The highest BCUT2D eigenvalue weighted by molar-refractivity contribution is 7.89. The lowest BCUT2D eigenvalue weighted by Crippen LogP contribution is -2.33. The molecule has 1 fully saturated rings. The van der Waals surface area contributed by atoms with Crippen LogP contribution in [0.3, 0.4) is 0 Å². The lowest BCUT2D eigenvalue weighted by Gasteiger charge is -2.15. The van der Waals surface area contributed by atoms with Crippen molar-refractivity contribution in [3.63, 3.8) is 0 Å². The molecule has 1 aliphatic rings. The summed E-state index contributed by atoms with van der Waals surface area (Å²) in [5, 5.41) is 0. The molecule has 7 heteroatoms. The summed E-state index contributed by atoms with van der Waals surface area (Å²) in [7, 11) is -3.69. The van der Waals surface area contributed by atoms with Crippen molar-refractivity contribution in [3.8, 4) is 0 Å². The van der Waals surface area contributed by atoms with Crippen LogP contribution in [0.5, 0.6) is 0 Å². The molecule has 3 N–H and O–H groups in total. The second-order valence-corrected chi connectivity index (χ2v) is 6.43. The van der Waals surface area contributed by atoms with Crippen molar-refractivity contribution >= 4 is 15.7 Å². The highest BCUT2D eigenvalue weighted by Gasteiger charge is 2.17. The maximum absolute atomic E-state index is 13.1. The van der Waals surface area contributed by atoms with Gasteiger partial charge in [0.25, 0.3) is 0 Å². The number of hydrogen-bond acceptors (Lipinski definition) is 4. The summed E-state index contributed by atoms with van der Waals surface area (Å²) in [5.74, 6) is -0.653. The van der Waals surface area contributed by atoms with Gasteiger partial charge in [0.1, 0.15) is 5.82 Å². The number of anilines is 1. The van der Waals surface area contributed by atoms with Gasteiger partial charge in [0.2, 0.25) is 10.0 Å². The quantitative estimate of drug-likeness (QED) is 0.785. The lowest BCUT2D eigenvalue weighted by atomic mass is 10.3. The molecule has 0 radical (unpaired) electrons. The molecule has 0 spiro atoms. The van der Waals surface area contributed by atoms with E-state index in [1.165, 1.54) is 6.07 Å². The molecule has 1 heterocycles. The van der Waals surface area contributed by atoms with E-state index in [2.05, 4.69) is 9.62 Å². The molecule has 0 saturated carbocycles. The Morgan fingerprint density at radius 1 is 1.26 bits per heavy atom. The number of halogens is 1. The summed E-state index contributed by atoms with van der Waals surface area (Å²) in [5.41, 5.74) is 5.54. The zero-order valence-electron chi connectivity index (χ0n) is 10.6. The number of nitrogens with two attached hydrogens (primary N) is 1. The predicted molar refractivity (Wildman–Crippen MR) is 71.7 cm³/mol. The molecule has 0 aromatic heterocycles. The van der Waals surface area contributed by atoms with Crippen molar-refractivity contribution in [1.82, 2.24) is 9.62 Å². The number of nitrogen functional groups attached to an aromatic ring is 1. The summed E-state index contributed by atoms with van der Waals surface area (Å²) >= 11 is 0. The van der Waals surface area contributed by atoms with Gasteiger partial charge in [0.15, 0.2) is 0 Å². The molecule has 0 aliphatic carbocycles. The van der Waals surface area contributed by atoms with Crippen LogP contribution in [0.25, 0.3) is 0 Å². The molecule has 106 valence electrons. The first-order valence-corrected chi connectivity index (χ1v) is 7.74. The van der Waals surface area contributed by atoms with Crippen LogP contribution in [-0.4, -0.2) is 39.5 Å². The summed E-state index contributed by atoms with van der Waals surface area (Å²) < 4.78 is 39.5. The first-order valence-electron chi connectivity index (χ1n) is 6.25. The average molecular weight is 287 g/mol. The van der Waals surface area contributed by atoms with Crippen molar-refractivity contribution in [3.05, 3.63) is 24.0 Å². The Hall–Kier alpha value is -1.18. The average Bonchev–Trinajstić information content (AvgIpc) is 2.80. The van der Waals surface area contributed by atoms with Crippen molar-refractivity contribution in [1.29, 1.82) is 0 Å². The number of nitrogens with zero attached hydrogens (tertiary/aromatic N) is 1. The third-order valence-electron chi connectivity index (χ3n) is 3.12. The molecule has 1 aromatic rings. The Morgan fingerprint density at radius 2 is 1.95 bits per heavy atom. The fourth-order valence-corrected chi connectivity index (χ4v) is 3.25. The molecule has 2 rings (SSSR count). The molecule has 0 unspecified atom stereocenters. The summed E-state index contributed by atoms with van der Waals surface area (Å²) in [6.07, 6.45) is 2.32. The van der Waals surface area contributed by atoms with Crippen molar-refractivity contribution in [2.45, 2.75) is 17.7 Å². The lowest BCUT2D eigenvalue weighted by molar-refractivity contribution is 0.344. The number of likely N-dealkylation sites (tertiary alicyclic amines) is 1. The van der Waals surface area contributed by atoms with Gasteiger partial charge in [0, 0.05) is 18.8 Å². The molecule has 1 aliphatic heterocycles. The van der Waals surface area contributed by atoms with Crippen LogP contribution in [0.15, 0.2) is 23.1 Å². The van der Waals surface area contributed by atoms with Gasteiger partial charge in [-0.15, -0.1) is 0 Å². The molecule has 1 aromatic carbocycles. The number of rotatable bonds is 5. The standard InChI is InChI=1S/C12H18FN3O2S/c13-10-7-11(14)9-12(8-10)19(17,18)15-3-6-16-4-1-2-5-16/h7-9,15H,1-6,14H2. The first-order chi connectivity index (χ1) is 8.97. The van der Waals surface area contributed by atoms with Gasteiger partial charge in [-0.25, -0.2) is 17.5 Å². The van der Waals surface area contributed by atoms with Crippen LogP contribution in [0.4, 0.5) is 10.1 Å². The third-order valence-corrected chi connectivity index (χ3v) is 4.56. The zero-order chi connectivity index (χ0) is 13.9. The van der Waals surface area contributed by atoms with Crippen LogP contribution >= 0.6 is 0 Å². The smallest absolute Gasteiger partial charge is 0.240 e. The Balaban J connectivity index is 1.97. The van der Waals surface area contributed by atoms with Crippen LogP contribution in [0.2, 0.25) is 0 Å². The van der Waals surface area contributed by atoms with Crippen LogP contribution < -0.4 is 10.5 Å². The molecule has 0 bridgehead atoms. The fraction of sp³-hybridized carbons (Fsp3) is 0.500. The van der Waals surface area contributed by atoms with Gasteiger partial charge in [0.05, 0.1) is 4.90 Å². The van der Waals surface area contributed by atoms with Gasteiger partial charge in [-0.2, -0.15) is 0 Å². The molecule has 19 heavy (non-hydrogen) atoms. The first kappa shape index (κ1) is 14.2. The van der Waals surface area contributed by atoms with E-state index in [0.29, 0.717) is 13.1 Å². The molecular formula is C12H18FN3O2S. The Kier molecular flexibility index (Phi) is 4.38. The van der Waals surface area contributed by atoms with Gasteiger partial charge in [-0.1, -0.05) is 0 Å². The summed E-state index contributed by atoms with van der Waals surface area (Å²) in [6, 6.07) is 3.30. The SMILES string of the molecule is Nc1cc(F)cc(S(=O)(=O)NCCN2CCCC2)c1. The van der Waals surface area contributed by atoms with E-state index in [-0.39, 0.29) is 10.6 Å². The topological polar surface area (TPSA) is 75.4 Å². The molecular weight excluding hydrogens is 269 g/mol. The van der Waals surface area contributed by atoms with E-state index >= 15 is 0 Å². The summed E-state index contributed by atoms with van der Waals surface area (Å²) in [6.45, 7) is 3.01. The second-order valence-electron chi connectivity index (χ2n) is 4.67. The number of nitrogens with one attached hydrogen (secondary N) is 1. The normalized spacial score (nSPS) is 16.9. The minimum atomic E-state index is -3.69. The van der Waals surface area contributed by atoms with E-state index < -0.39 is 15.8 Å². The number of sulfonamides is 1. The fourth-order valence-electron chi connectivity index (χ4n) is 2.17. The molecule has 0 amide bonds. The van der Waals surface area contributed by atoms with Gasteiger partial charge in [-0.3, -0.25) is 0 Å². The van der Waals surface area contributed by atoms with E-state index in [1.54, 1.807) is 0 Å². The van der Waals surface area contributed by atoms with E-state index in [0.717, 1.165) is 38.1 Å². The van der Waals surface area contributed by atoms with Crippen molar-refractivity contribution in [2.24, 2.45) is 0 Å². The van der Waals surface area contributed by atoms with Crippen molar-refractivity contribution in [2.75, 3.05) is 31.9 Å². The second kappa shape index (κ2) is 5.85. The van der Waals surface area contributed by atoms with Crippen molar-refractivity contribution < 1.29 is 12.8 Å². The highest BCUT2D eigenvalue weighted by atomic mass is 32.2. The predicted octanol–water partition coefficient (Wildman–Crippen LogP) is 0.782. The van der Waals surface area contributed by atoms with Crippen LogP contribution in [-0.2, 0) is 10.0 Å². The van der Waals surface area contributed by atoms with Gasteiger partial charge >= 0.3 is 0 Å². The molecule has 5 nitrogen and oxygen atoms in total. The Morgan fingerprint density at radius 3 is 2.58 bits per heavy atom. The van der Waals surface area contributed by atoms with E-state index in [1.807, 2.05) is 0 Å². The number of hydrogen-bond donors (Lipinski definition) is 2. The third kappa shape index (κ3) is 3.89. The summed E-state index contributed by atoms with van der Waals surface area (Å²) in [4.78, 5) is 2.06. The minimum Gasteiger partial charge on any atom is -0.399 e. The van der Waals surface area contributed by atoms with E-state index in [4.69, 9.17) is 5.73 Å². The monoisotopic (exact) mass is 287 g/mol. The zero-order valence-corrected chi connectivity index (χ0v) is 11.4. The Labute approximate surface area is 112 Å². The number of benzene rings is 1. The van der Waals surface area contributed by atoms with Gasteiger partial charge in [-0.05, 0) is 44.1 Å².